The fourth-order valence-corrected chi connectivity index (χ4v) is 0.969. The Bertz CT molecular complexity index is 185. The zero-order valence-corrected chi connectivity index (χ0v) is 7.85. The molecule has 0 amide bonds. The zero-order chi connectivity index (χ0) is 6.69. The van der Waals surface area contributed by atoms with Gasteiger partial charge in [0.1, 0.15) is 0 Å². The SMILES string of the molecule is Clc1ccc([O][Sb])cc1. The van der Waals surface area contributed by atoms with Crippen molar-refractivity contribution < 1.29 is 3.02 Å². The molecule has 0 aliphatic carbocycles. The van der Waals surface area contributed by atoms with E-state index < -0.39 is 0 Å². The molecule has 9 heavy (non-hydrogen) atoms. The van der Waals surface area contributed by atoms with Crippen LogP contribution in [0.25, 0.3) is 0 Å². The van der Waals surface area contributed by atoms with Crippen LogP contribution in [0.5, 0.6) is 5.75 Å². The molecular formula is C6H4ClOSb. The molecule has 0 aromatic heterocycles. The Morgan fingerprint density at radius 3 is 2.22 bits per heavy atom. The van der Waals surface area contributed by atoms with Gasteiger partial charge in [-0.1, -0.05) is 0 Å². The van der Waals surface area contributed by atoms with E-state index in [9.17, 15) is 0 Å². The molecule has 3 heteroatoms. The zero-order valence-electron chi connectivity index (χ0n) is 4.54. The third kappa shape index (κ3) is 2.08. The van der Waals surface area contributed by atoms with Crippen molar-refractivity contribution in [2.75, 3.05) is 0 Å². The predicted octanol–water partition coefficient (Wildman–Crippen LogP) is 1.80. The first kappa shape index (κ1) is 7.24. The van der Waals surface area contributed by atoms with Crippen LogP contribution < -0.4 is 3.02 Å². The summed E-state index contributed by atoms with van der Waals surface area (Å²) in [5.74, 6) is 0.855. The van der Waals surface area contributed by atoms with Crippen LogP contribution in [0, 0.1) is 0 Å². The molecule has 0 spiro atoms. The first-order valence-electron chi connectivity index (χ1n) is 2.40. The molecule has 0 atom stereocenters. The molecular weight excluding hydrogens is 245 g/mol. The first-order chi connectivity index (χ1) is 4.33. The summed E-state index contributed by atoms with van der Waals surface area (Å²) in [6.07, 6.45) is 0. The fraction of sp³-hybridized carbons (Fsp3) is 0. The van der Waals surface area contributed by atoms with E-state index in [4.69, 9.17) is 14.6 Å². The van der Waals surface area contributed by atoms with Gasteiger partial charge < -0.3 is 0 Å². The van der Waals surface area contributed by atoms with Gasteiger partial charge in [-0.15, -0.1) is 0 Å². The van der Waals surface area contributed by atoms with Crippen LogP contribution in [0.15, 0.2) is 24.3 Å². The number of hydrogen-bond acceptors (Lipinski definition) is 1. The second-order valence-corrected chi connectivity index (χ2v) is 2.50. The predicted molar refractivity (Wildman–Crippen MR) is 37.8 cm³/mol. The van der Waals surface area contributed by atoms with Crippen molar-refractivity contribution in [3.8, 4) is 5.75 Å². The van der Waals surface area contributed by atoms with Gasteiger partial charge in [0.05, 0.1) is 0 Å². The molecule has 2 radical (unpaired) electrons. The maximum absolute atomic E-state index is 5.62. The van der Waals surface area contributed by atoms with Gasteiger partial charge in [0.15, 0.2) is 0 Å². The molecule has 0 aliphatic heterocycles. The van der Waals surface area contributed by atoms with Crippen molar-refractivity contribution in [1.29, 1.82) is 0 Å². The second kappa shape index (κ2) is 3.34. The molecule has 1 aromatic rings. The van der Waals surface area contributed by atoms with Gasteiger partial charge in [0, 0.05) is 0 Å². The fourth-order valence-electron chi connectivity index (χ4n) is 0.495. The summed E-state index contributed by atoms with van der Waals surface area (Å²) in [4.78, 5) is 0. The summed E-state index contributed by atoms with van der Waals surface area (Å²) < 4.78 is 4.96. The first-order valence-corrected chi connectivity index (χ1v) is 3.82. The Balaban J connectivity index is 2.88. The topological polar surface area (TPSA) is 9.23 Å². The Kier molecular flexibility index (Phi) is 2.68. The van der Waals surface area contributed by atoms with E-state index >= 15 is 0 Å². The maximum atomic E-state index is 5.62. The molecule has 0 saturated heterocycles. The second-order valence-electron chi connectivity index (χ2n) is 1.55. The summed E-state index contributed by atoms with van der Waals surface area (Å²) in [7, 11) is 0. The van der Waals surface area contributed by atoms with Gasteiger partial charge >= 0.3 is 73.1 Å². The van der Waals surface area contributed by atoms with E-state index in [2.05, 4.69) is 0 Å². The Labute approximate surface area is 73.0 Å². The van der Waals surface area contributed by atoms with Crippen molar-refractivity contribution in [2.45, 2.75) is 0 Å². The minimum atomic E-state index is 0.738. The van der Waals surface area contributed by atoms with E-state index in [0.29, 0.717) is 0 Å². The standard InChI is InChI=1S/C6H5ClO.Sb/c7-5-1-3-6(8)4-2-5;/h1-4,8H;/q;+1/p-1. The quantitative estimate of drug-likeness (QED) is 0.690. The Morgan fingerprint density at radius 1 is 1.22 bits per heavy atom. The molecule has 0 aliphatic rings. The van der Waals surface area contributed by atoms with Gasteiger partial charge in [-0.25, -0.2) is 0 Å². The summed E-state index contributed by atoms with van der Waals surface area (Å²) in [5, 5.41) is 0.738. The number of benzene rings is 1. The summed E-state index contributed by atoms with van der Waals surface area (Å²) >= 11 is 6.92. The molecule has 0 bridgehead atoms. The van der Waals surface area contributed by atoms with E-state index in [0.717, 1.165) is 10.8 Å². The normalized spacial score (nSPS) is 9.11. The molecule has 46 valence electrons. The van der Waals surface area contributed by atoms with Crippen LogP contribution in [-0.4, -0.2) is 23.4 Å². The van der Waals surface area contributed by atoms with E-state index in [1.807, 2.05) is 12.1 Å². The van der Waals surface area contributed by atoms with Crippen molar-refractivity contribution in [1.82, 2.24) is 0 Å². The van der Waals surface area contributed by atoms with Crippen molar-refractivity contribution in [3.63, 3.8) is 0 Å². The third-order valence-electron chi connectivity index (χ3n) is 0.919. The average Bonchev–Trinajstić information content (AvgIpc) is 1.90. The summed E-state index contributed by atoms with van der Waals surface area (Å²) in [6.45, 7) is 0. The van der Waals surface area contributed by atoms with Gasteiger partial charge in [-0.2, -0.15) is 0 Å². The molecule has 0 unspecified atom stereocenters. The van der Waals surface area contributed by atoms with Crippen LogP contribution in [0.2, 0.25) is 5.02 Å². The Morgan fingerprint density at radius 2 is 1.78 bits per heavy atom. The monoisotopic (exact) mass is 248 g/mol. The molecule has 1 nitrogen and oxygen atoms in total. The van der Waals surface area contributed by atoms with Crippen molar-refractivity contribution in [2.24, 2.45) is 0 Å². The van der Waals surface area contributed by atoms with Crippen molar-refractivity contribution in [3.05, 3.63) is 29.3 Å². The van der Waals surface area contributed by atoms with Gasteiger partial charge in [-0.3, -0.25) is 0 Å². The van der Waals surface area contributed by atoms with Crippen molar-refractivity contribution >= 4 is 35.0 Å². The molecule has 1 aromatic carbocycles. The summed E-state index contributed by atoms with van der Waals surface area (Å²) in [5.41, 5.74) is 0. The van der Waals surface area contributed by atoms with Crippen LogP contribution in [0.1, 0.15) is 0 Å². The van der Waals surface area contributed by atoms with Gasteiger partial charge in [-0.05, 0) is 0 Å². The van der Waals surface area contributed by atoms with E-state index in [-0.39, 0.29) is 0 Å². The molecule has 0 N–H and O–H groups in total. The van der Waals surface area contributed by atoms with Crippen LogP contribution in [0.3, 0.4) is 0 Å². The van der Waals surface area contributed by atoms with Crippen LogP contribution in [-0.2, 0) is 0 Å². The molecule has 1 rings (SSSR count). The molecule has 0 heterocycles. The van der Waals surface area contributed by atoms with E-state index in [1.54, 1.807) is 12.1 Å². The average molecular weight is 249 g/mol. The minimum absolute atomic E-state index is 0.738. The summed E-state index contributed by atoms with van der Waals surface area (Å²) in [6, 6.07) is 7.27. The number of rotatable bonds is 1. The van der Waals surface area contributed by atoms with Gasteiger partial charge in [0.2, 0.25) is 0 Å². The van der Waals surface area contributed by atoms with E-state index in [1.165, 1.54) is 23.4 Å². The van der Waals surface area contributed by atoms with Crippen LogP contribution >= 0.6 is 11.6 Å². The Hall–Kier alpha value is 0.128. The third-order valence-corrected chi connectivity index (χ3v) is 1.77. The van der Waals surface area contributed by atoms with Crippen LogP contribution in [0.4, 0.5) is 0 Å². The van der Waals surface area contributed by atoms with Gasteiger partial charge in [0.25, 0.3) is 0 Å². The number of hydrogen-bond donors (Lipinski definition) is 0. The molecule has 0 saturated carbocycles. The molecule has 0 fully saturated rings. The number of halogens is 1.